The summed E-state index contributed by atoms with van der Waals surface area (Å²) in [6, 6.07) is 0.109. The normalized spacial score (nSPS) is 23.0. The SMILES string of the molecule is CNCCC1CCN1C(N)=O. The third-order valence-corrected chi connectivity index (χ3v) is 2.15. The number of hydrogen-bond donors (Lipinski definition) is 2. The average molecular weight is 157 g/mol. The third-order valence-electron chi connectivity index (χ3n) is 2.15. The summed E-state index contributed by atoms with van der Waals surface area (Å²) in [5.74, 6) is 0. The van der Waals surface area contributed by atoms with Crippen molar-refractivity contribution in [3.8, 4) is 0 Å². The summed E-state index contributed by atoms with van der Waals surface area (Å²) in [4.78, 5) is 12.4. The first-order valence-corrected chi connectivity index (χ1v) is 3.96. The molecule has 1 fully saturated rings. The molecule has 0 radical (unpaired) electrons. The number of carbonyl (C=O) groups is 1. The molecule has 0 aliphatic carbocycles. The predicted octanol–water partition coefficient (Wildman–Crippen LogP) is -0.251. The van der Waals surface area contributed by atoms with Gasteiger partial charge in [0.15, 0.2) is 0 Å². The topological polar surface area (TPSA) is 58.4 Å². The van der Waals surface area contributed by atoms with Gasteiger partial charge in [0.2, 0.25) is 0 Å². The molecule has 0 saturated carbocycles. The van der Waals surface area contributed by atoms with Crippen molar-refractivity contribution in [2.75, 3.05) is 20.1 Å². The Morgan fingerprint density at radius 2 is 2.55 bits per heavy atom. The van der Waals surface area contributed by atoms with E-state index in [4.69, 9.17) is 5.73 Å². The lowest BCUT2D eigenvalue weighted by Crippen LogP contribution is -2.54. The lowest BCUT2D eigenvalue weighted by Gasteiger charge is -2.39. The number of nitrogens with two attached hydrogens (primary N) is 1. The number of urea groups is 1. The summed E-state index contributed by atoms with van der Waals surface area (Å²) in [6.07, 6.45) is 2.12. The first-order chi connectivity index (χ1) is 5.25. The van der Waals surface area contributed by atoms with Gasteiger partial charge in [-0.25, -0.2) is 4.79 Å². The van der Waals surface area contributed by atoms with E-state index in [0.29, 0.717) is 6.04 Å². The molecule has 4 nitrogen and oxygen atoms in total. The molecule has 1 rings (SSSR count). The Morgan fingerprint density at radius 3 is 2.91 bits per heavy atom. The minimum atomic E-state index is -0.280. The molecule has 1 atom stereocenters. The minimum Gasteiger partial charge on any atom is -0.351 e. The molecule has 0 aromatic rings. The van der Waals surface area contributed by atoms with Gasteiger partial charge in [0, 0.05) is 12.6 Å². The molecular weight excluding hydrogens is 142 g/mol. The fourth-order valence-corrected chi connectivity index (χ4v) is 1.34. The van der Waals surface area contributed by atoms with E-state index in [9.17, 15) is 4.79 Å². The van der Waals surface area contributed by atoms with E-state index in [1.54, 1.807) is 4.90 Å². The maximum absolute atomic E-state index is 10.7. The van der Waals surface area contributed by atoms with Crippen molar-refractivity contribution >= 4 is 6.03 Å². The van der Waals surface area contributed by atoms with Gasteiger partial charge in [-0.05, 0) is 26.4 Å². The van der Waals surface area contributed by atoms with E-state index in [-0.39, 0.29) is 6.03 Å². The highest BCUT2D eigenvalue weighted by atomic mass is 16.2. The molecule has 11 heavy (non-hydrogen) atoms. The number of primary amides is 1. The van der Waals surface area contributed by atoms with E-state index in [2.05, 4.69) is 5.32 Å². The molecule has 1 aliphatic heterocycles. The largest absolute Gasteiger partial charge is 0.351 e. The van der Waals surface area contributed by atoms with Crippen molar-refractivity contribution in [3.05, 3.63) is 0 Å². The minimum absolute atomic E-state index is 0.280. The van der Waals surface area contributed by atoms with Crippen LogP contribution in [-0.4, -0.2) is 37.1 Å². The Bertz CT molecular complexity index is 149. The van der Waals surface area contributed by atoms with E-state index < -0.39 is 0 Å². The summed E-state index contributed by atoms with van der Waals surface area (Å²) in [7, 11) is 1.91. The van der Waals surface area contributed by atoms with Crippen molar-refractivity contribution < 1.29 is 4.79 Å². The van der Waals surface area contributed by atoms with E-state index >= 15 is 0 Å². The predicted molar refractivity (Wildman–Crippen MR) is 43.2 cm³/mol. The van der Waals surface area contributed by atoms with E-state index in [1.165, 1.54) is 0 Å². The number of hydrogen-bond acceptors (Lipinski definition) is 2. The first-order valence-electron chi connectivity index (χ1n) is 3.96. The van der Waals surface area contributed by atoms with Gasteiger partial charge in [-0.15, -0.1) is 0 Å². The molecule has 0 aromatic heterocycles. The number of likely N-dealkylation sites (tertiary alicyclic amines) is 1. The molecule has 2 amide bonds. The third kappa shape index (κ3) is 1.83. The zero-order valence-corrected chi connectivity index (χ0v) is 6.84. The Hall–Kier alpha value is -0.770. The number of rotatable bonds is 3. The lowest BCUT2D eigenvalue weighted by molar-refractivity contribution is 0.117. The summed E-state index contributed by atoms with van der Waals surface area (Å²) in [5.41, 5.74) is 5.13. The van der Waals surface area contributed by atoms with Crippen LogP contribution in [-0.2, 0) is 0 Å². The number of nitrogens with one attached hydrogen (secondary N) is 1. The fourth-order valence-electron chi connectivity index (χ4n) is 1.34. The van der Waals surface area contributed by atoms with Crippen LogP contribution in [0.25, 0.3) is 0 Å². The molecule has 1 heterocycles. The van der Waals surface area contributed by atoms with Crippen LogP contribution in [0.1, 0.15) is 12.8 Å². The Morgan fingerprint density at radius 1 is 1.82 bits per heavy atom. The number of amides is 2. The van der Waals surface area contributed by atoms with Crippen molar-refractivity contribution in [1.82, 2.24) is 10.2 Å². The van der Waals surface area contributed by atoms with Crippen molar-refractivity contribution in [3.63, 3.8) is 0 Å². The summed E-state index contributed by atoms with van der Waals surface area (Å²) in [6.45, 7) is 1.79. The van der Waals surface area contributed by atoms with Crippen LogP contribution in [0.15, 0.2) is 0 Å². The highest BCUT2D eigenvalue weighted by molar-refractivity contribution is 5.73. The Kier molecular flexibility index (Phi) is 2.70. The van der Waals surface area contributed by atoms with Gasteiger partial charge in [0.25, 0.3) is 0 Å². The van der Waals surface area contributed by atoms with Gasteiger partial charge in [-0.2, -0.15) is 0 Å². The second-order valence-electron chi connectivity index (χ2n) is 2.87. The maximum Gasteiger partial charge on any atom is 0.315 e. The van der Waals surface area contributed by atoms with Gasteiger partial charge in [-0.3, -0.25) is 0 Å². The van der Waals surface area contributed by atoms with Crippen molar-refractivity contribution in [2.24, 2.45) is 5.73 Å². The van der Waals surface area contributed by atoms with Crippen molar-refractivity contribution in [2.45, 2.75) is 18.9 Å². The van der Waals surface area contributed by atoms with Crippen LogP contribution in [0.5, 0.6) is 0 Å². The Labute approximate surface area is 66.7 Å². The highest BCUT2D eigenvalue weighted by Gasteiger charge is 2.29. The molecule has 0 bridgehead atoms. The molecular formula is C7H15N3O. The maximum atomic E-state index is 10.7. The van der Waals surface area contributed by atoms with E-state index in [1.807, 2.05) is 7.05 Å². The van der Waals surface area contributed by atoms with Crippen LogP contribution in [0.3, 0.4) is 0 Å². The van der Waals surface area contributed by atoms with Crippen molar-refractivity contribution in [1.29, 1.82) is 0 Å². The molecule has 1 unspecified atom stereocenters. The zero-order valence-electron chi connectivity index (χ0n) is 6.84. The second kappa shape index (κ2) is 3.57. The molecule has 0 spiro atoms. The van der Waals surface area contributed by atoms with Gasteiger partial charge < -0.3 is 16.0 Å². The monoisotopic (exact) mass is 157 g/mol. The molecule has 1 saturated heterocycles. The standard InChI is InChI=1S/C7H15N3O/c1-9-4-2-6-3-5-10(6)7(8)11/h6,9H,2-5H2,1H3,(H2,8,11). The van der Waals surface area contributed by atoms with Gasteiger partial charge in [0.1, 0.15) is 0 Å². The smallest absolute Gasteiger partial charge is 0.315 e. The van der Waals surface area contributed by atoms with Crippen LogP contribution in [0.4, 0.5) is 4.79 Å². The van der Waals surface area contributed by atoms with Crippen LogP contribution >= 0.6 is 0 Å². The first kappa shape index (κ1) is 8.33. The van der Waals surface area contributed by atoms with Crippen LogP contribution in [0, 0.1) is 0 Å². The number of nitrogens with zero attached hydrogens (tertiary/aromatic N) is 1. The average Bonchev–Trinajstić information content (AvgIpc) is 1.84. The van der Waals surface area contributed by atoms with Gasteiger partial charge in [0.05, 0.1) is 0 Å². The summed E-state index contributed by atoms with van der Waals surface area (Å²) in [5, 5.41) is 3.05. The lowest BCUT2D eigenvalue weighted by atomic mass is 10.0. The van der Waals surface area contributed by atoms with Gasteiger partial charge >= 0.3 is 6.03 Å². The zero-order chi connectivity index (χ0) is 8.27. The van der Waals surface area contributed by atoms with E-state index in [0.717, 1.165) is 25.9 Å². The van der Waals surface area contributed by atoms with Gasteiger partial charge in [-0.1, -0.05) is 0 Å². The quantitative estimate of drug-likeness (QED) is 0.593. The van der Waals surface area contributed by atoms with Crippen LogP contribution in [0.2, 0.25) is 0 Å². The second-order valence-corrected chi connectivity index (χ2v) is 2.87. The number of carbonyl (C=O) groups excluding carboxylic acids is 1. The molecule has 3 N–H and O–H groups in total. The molecule has 4 heteroatoms. The molecule has 0 aromatic carbocycles. The Balaban J connectivity index is 2.20. The summed E-state index contributed by atoms with van der Waals surface area (Å²) >= 11 is 0. The summed E-state index contributed by atoms with van der Waals surface area (Å²) < 4.78 is 0. The fraction of sp³-hybridized carbons (Fsp3) is 0.857. The highest BCUT2D eigenvalue weighted by Crippen LogP contribution is 2.18. The van der Waals surface area contributed by atoms with Crippen LogP contribution < -0.4 is 11.1 Å². The molecule has 1 aliphatic rings. The molecule has 64 valence electrons.